The lowest BCUT2D eigenvalue weighted by atomic mass is 9.56. The number of ether oxygens (including phenoxy) is 2. The lowest BCUT2D eigenvalue weighted by Gasteiger charge is -2.52. The molecule has 0 aromatic rings. The number of carbonyl (C=O) groups is 2. The van der Waals surface area contributed by atoms with E-state index in [1.807, 2.05) is 13.8 Å². The molecule has 12 fully saturated rings. The summed E-state index contributed by atoms with van der Waals surface area (Å²) in [6.07, 6.45) is 26.3. The van der Waals surface area contributed by atoms with Crippen LogP contribution in [-0.4, -0.2) is 24.1 Å². The van der Waals surface area contributed by atoms with Gasteiger partial charge in [0.25, 0.3) is 0 Å². The molecule has 4 heteroatoms. The van der Waals surface area contributed by atoms with Crippen LogP contribution in [0.3, 0.4) is 0 Å². The molecule has 12 rings (SSSR count). The standard InChI is InChI=1S/C39H60O4/c1-39(2,37(40)42-35(31-19-23-3-11-27(31)12-4-23)32-20-24-5-13-28(32)14-6-24)38(41)43-36(33-21-25-7-15-29(33)16-8-25)34-22-26-9-17-30(34)18-10-26/h23-36H,3-22H2,1-2H3. The van der Waals surface area contributed by atoms with Crippen molar-refractivity contribution in [1.82, 2.24) is 0 Å². The first kappa shape index (κ1) is 29.3. The Kier molecular flexibility index (Phi) is 7.94. The number of hydrogen-bond acceptors (Lipinski definition) is 4. The molecular weight excluding hydrogens is 532 g/mol. The molecule has 43 heavy (non-hydrogen) atoms. The SMILES string of the molecule is CC(C)(C(=O)OC(C1CC2CCC1CC2)C1CC2CCC1CC2)C(=O)OC(C1CC2CCC1CC2)C1CC2CCC1CC2. The number of carbonyl (C=O) groups excluding carboxylic acids is 2. The highest BCUT2D eigenvalue weighted by Gasteiger charge is 2.53. The van der Waals surface area contributed by atoms with Crippen molar-refractivity contribution in [2.45, 2.75) is 154 Å². The highest BCUT2D eigenvalue weighted by Crippen LogP contribution is 2.56. The Hall–Kier alpha value is -1.06. The van der Waals surface area contributed by atoms with Crippen molar-refractivity contribution in [3.8, 4) is 0 Å². The van der Waals surface area contributed by atoms with Crippen LogP contribution in [0.4, 0.5) is 0 Å². The van der Waals surface area contributed by atoms with Gasteiger partial charge < -0.3 is 9.47 Å². The molecule has 0 aromatic heterocycles. The van der Waals surface area contributed by atoms with E-state index in [9.17, 15) is 9.59 Å². The van der Waals surface area contributed by atoms with Crippen molar-refractivity contribution in [2.75, 3.05) is 0 Å². The molecule has 240 valence electrons. The molecule has 12 aliphatic rings. The molecule has 4 unspecified atom stereocenters. The van der Waals surface area contributed by atoms with Crippen molar-refractivity contribution < 1.29 is 19.1 Å². The maximum Gasteiger partial charge on any atom is 0.323 e. The van der Waals surface area contributed by atoms with Gasteiger partial charge in [-0.15, -0.1) is 0 Å². The normalized spacial score (nSPS) is 46.4. The van der Waals surface area contributed by atoms with E-state index in [0.717, 1.165) is 23.7 Å². The van der Waals surface area contributed by atoms with E-state index in [2.05, 4.69) is 0 Å². The Morgan fingerprint density at radius 1 is 0.442 bits per heavy atom. The second-order valence-electron chi connectivity index (χ2n) is 18.1. The zero-order valence-corrected chi connectivity index (χ0v) is 27.4. The third kappa shape index (κ3) is 5.43. The summed E-state index contributed by atoms with van der Waals surface area (Å²) in [4.78, 5) is 28.6. The molecule has 12 aliphatic carbocycles. The summed E-state index contributed by atoms with van der Waals surface area (Å²) in [6, 6.07) is 0. The molecule has 4 nitrogen and oxygen atoms in total. The van der Waals surface area contributed by atoms with E-state index in [-0.39, 0.29) is 24.1 Å². The van der Waals surface area contributed by atoms with Crippen LogP contribution in [0.15, 0.2) is 0 Å². The monoisotopic (exact) mass is 592 g/mol. The van der Waals surface area contributed by atoms with Crippen molar-refractivity contribution in [3.05, 3.63) is 0 Å². The van der Waals surface area contributed by atoms with Gasteiger partial charge in [0, 0.05) is 0 Å². The first-order valence-electron chi connectivity index (χ1n) is 19.3. The van der Waals surface area contributed by atoms with Crippen LogP contribution < -0.4 is 0 Å². The summed E-state index contributed by atoms with van der Waals surface area (Å²) < 4.78 is 13.5. The number of fused-ring (bicyclic) bond motifs is 12. The number of rotatable bonds is 8. The maximum atomic E-state index is 14.3. The van der Waals surface area contributed by atoms with Crippen LogP contribution in [0.5, 0.6) is 0 Å². The third-order valence-corrected chi connectivity index (χ3v) is 15.6. The quantitative estimate of drug-likeness (QED) is 0.208. The summed E-state index contributed by atoms with van der Waals surface area (Å²) in [6.45, 7) is 3.65. The fourth-order valence-corrected chi connectivity index (χ4v) is 12.9. The van der Waals surface area contributed by atoms with Gasteiger partial charge in [0.1, 0.15) is 12.2 Å². The van der Waals surface area contributed by atoms with Gasteiger partial charge in [-0.2, -0.15) is 0 Å². The Morgan fingerprint density at radius 3 is 0.860 bits per heavy atom. The fourth-order valence-electron chi connectivity index (χ4n) is 12.9. The van der Waals surface area contributed by atoms with E-state index < -0.39 is 5.41 Å². The van der Waals surface area contributed by atoms with Gasteiger partial charge in [-0.1, -0.05) is 51.4 Å². The van der Waals surface area contributed by atoms with Crippen LogP contribution in [0.1, 0.15) is 142 Å². The molecule has 0 radical (unpaired) electrons. The van der Waals surface area contributed by atoms with Gasteiger partial charge in [0.05, 0.1) is 0 Å². The average molecular weight is 593 g/mol. The predicted octanol–water partition coefficient (Wildman–Crippen LogP) is 9.14. The van der Waals surface area contributed by atoms with Crippen molar-refractivity contribution in [3.63, 3.8) is 0 Å². The van der Waals surface area contributed by atoms with Crippen LogP contribution in [0, 0.1) is 76.4 Å². The summed E-state index contributed by atoms with van der Waals surface area (Å²) >= 11 is 0. The van der Waals surface area contributed by atoms with Crippen LogP contribution in [0.2, 0.25) is 0 Å². The first-order valence-corrected chi connectivity index (χ1v) is 19.3. The fraction of sp³-hybridized carbons (Fsp3) is 0.949. The predicted molar refractivity (Wildman–Crippen MR) is 168 cm³/mol. The Balaban J connectivity index is 1.02. The Morgan fingerprint density at radius 2 is 0.674 bits per heavy atom. The van der Waals surface area contributed by atoms with Gasteiger partial charge >= 0.3 is 11.9 Å². The van der Waals surface area contributed by atoms with E-state index in [0.29, 0.717) is 47.3 Å². The van der Waals surface area contributed by atoms with Crippen LogP contribution in [0.25, 0.3) is 0 Å². The highest BCUT2D eigenvalue weighted by molar-refractivity contribution is 5.99. The second kappa shape index (κ2) is 11.6. The minimum atomic E-state index is -1.25. The van der Waals surface area contributed by atoms with Crippen LogP contribution >= 0.6 is 0 Å². The van der Waals surface area contributed by atoms with Gasteiger partial charge in [0.2, 0.25) is 0 Å². The molecular formula is C39H60O4. The molecule has 0 aliphatic heterocycles. The minimum absolute atomic E-state index is 0.000250. The van der Waals surface area contributed by atoms with E-state index in [1.54, 1.807) is 0 Å². The summed E-state index contributed by atoms with van der Waals surface area (Å²) in [7, 11) is 0. The maximum absolute atomic E-state index is 14.3. The van der Waals surface area contributed by atoms with Gasteiger partial charge in [-0.05, 0) is 162 Å². The number of hydrogen-bond donors (Lipinski definition) is 0. The zero-order chi connectivity index (χ0) is 29.3. The molecule has 0 spiro atoms. The molecule has 0 aromatic carbocycles. The largest absolute Gasteiger partial charge is 0.461 e. The average Bonchev–Trinajstić information content (AvgIpc) is 3.07. The summed E-state index contributed by atoms with van der Waals surface area (Å²) in [5.74, 6) is 7.45. The zero-order valence-electron chi connectivity index (χ0n) is 27.4. The molecule has 0 amide bonds. The second-order valence-corrected chi connectivity index (χ2v) is 18.1. The molecule has 0 saturated heterocycles. The van der Waals surface area contributed by atoms with Crippen LogP contribution in [-0.2, 0) is 19.1 Å². The lowest BCUT2D eigenvalue weighted by Crippen LogP contribution is -2.52. The minimum Gasteiger partial charge on any atom is -0.461 e. The van der Waals surface area contributed by atoms with Gasteiger partial charge in [-0.25, -0.2) is 0 Å². The molecule has 12 saturated carbocycles. The summed E-state index contributed by atoms with van der Waals surface area (Å²) in [5.41, 5.74) is -1.25. The van der Waals surface area contributed by atoms with E-state index in [4.69, 9.17) is 9.47 Å². The van der Waals surface area contributed by atoms with Crippen molar-refractivity contribution >= 4 is 11.9 Å². The summed E-state index contributed by atoms with van der Waals surface area (Å²) in [5, 5.41) is 0. The highest BCUT2D eigenvalue weighted by atomic mass is 16.6. The third-order valence-electron chi connectivity index (χ3n) is 15.6. The molecule has 0 heterocycles. The molecule has 8 bridgehead atoms. The lowest BCUT2D eigenvalue weighted by molar-refractivity contribution is -0.193. The van der Waals surface area contributed by atoms with E-state index >= 15 is 0 Å². The Labute approximate surface area is 261 Å². The van der Waals surface area contributed by atoms with Crippen molar-refractivity contribution in [1.29, 1.82) is 0 Å². The van der Waals surface area contributed by atoms with Gasteiger partial charge in [0.15, 0.2) is 5.41 Å². The molecule has 0 N–H and O–H groups in total. The van der Waals surface area contributed by atoms with Crippen molar-refractivity contribution in [2.24, 2.45) is 76.4 Å². The number of esters is 2. The Bertz CT molecular complexity index is 878. The van der Waals surface area contributed by atoms with Gasteiger partial charge in [-0.3, -0.25) is 9.59 Å². The first-order chi connectivity index (χ1) is 20.8. The van der Waals surface area contributed by atoms with E-state index in [1.165, 1.54) is 128 Å². The smallest absolute Gasteiger partial charge is 0.323 e. The molecule has 4 atom stereocenters. The topological polar surface area (TPSA) is 52.6 Å².